The van der Waals surface area contributed by atoms with Gasteiger partial charge in [0.05, 0.1) is 22.9 Å². The predicted molar refractivity (Wildman–Crippen MR) is 114 cm³/mol. The highest BCUT2D eigenvalue weighted by molar-refractivity contribution is 7.99. The highest BCUT2D eigenvalue weighted by Gasteiger charge is 2.17. The summed E-state index contributed by atoms with van der Waals surface area (Å²) < 4.78 is 5.66. The highest BCUT2D eigenvalue weighted by Crippen LogP contribution is 2.27. The quantitative estimate of drug-likeness (QED) is 0.350. The van der Waals surface area contributed by atoms with Crippen molar-refractivity contribution in [3.8, 4) is 0 Å². The van der Waals surface area contributed by atoms with Gasteiger partial charge < -0.3 is 4.42 Å². The third kappa shape index (κ3) is 5.08. The molecule has 148 valence electrons. The minimum absolute atomic E-state index is 0.0823. The van der Waals surface area contributed by atoms with Crippen molar-refractivity contribution < 1.29 is 9.21 Å². The van der Waals surface area contributed by atoms with E-state index in [0.717, 1.165) is 21.8 Å². The second-order valence-corrected chi connectivity index (χ2v) is 9.35. The summed E-state index contributed by atoms with van der Waals surface area (Å²) in [5.41, 5.74) is 4.06. The molecular formula is C21H25N3O2S2. The third-order valence-corrected chi connectivity index (χ3v) is 6.08. The van der Waals surface area contributed by atoms with Crippen molar-refractivity contribution in [1.29, 1.82) is 0 Å². The molecular weight excluding hydrogens is 390 g/mol. The molecule has 0 unspecified atom stereocenters. The largest absolute Gasteiger partial charge is 0.416 e. The molecule has 0 aliphatic heterocycles. The zero-order chi connectivity index (χ0) is 20.3. The van der Waals surface area contributed by atoms with Crippen molar-refractivity contribution in [3.05, 3.63) is 56.9 Å². The van der Waals surface area contributed by atoms with Crippen molar-refractivity contribution in [3.63, 3.8) is 0 Å². The Bertz CT molecular complexity index is 960. The van der Waals surface area contributed by atoms with Crippen LogP contribution in [0.4, 0.5) is 0 Å². The summed E-state index contributed by atoms with van der Waals surface area (Å²) >= 11 is 2.88. The lowest BCUT2D eigenvalue weighted by molar-refractivity contribution is 0.102. The number of benzene rings is 1. The number of thiazole rings is 1. The van der Waals surface area contributed by atoms with E-state index in [-0.39, 0.29) is 11.5 Å². The van der Waals surface area contributed by atoms with Gasteiger partial charge in [0.1, 0.15) is 0 Å². The van der Waals surface area contributed by atoms with Gasteiger partial charge in [0.25, 0.3) is 5.22 Å². The first-order chi connectivity index (χ1) is 13.3. The van der Waals surface area contributed by atoms with Gasteiger partial charge in [-0.1, -0.05) is 57.7 Å². The second kappa shape index (κ2) is 9.01. The maximum Gasteiger partial charge on any atom is 0.277 e. The molecule has 0 bridgehead atoms. The number of carbonyl (C=O) groups excluding carboxylic acids is 1. The van der Waals surface area contributed by atoms with Crippen LogP contribution in [0.15, 0.2) is 33.2 Å². The number of rotatable bonds is 8. The Morgan fingerprint density at radius 3 is 2.61 bits per heavy atom. The lowest BCUT2D eigenvalue weighted by Crippen LogP contribution is -2.08. The van der Waals surface area contributed by atoms with Gasteiger partial charge in [0.15, 0.2) is 5.78 Å². The molecule has 0 aliphatic carbocycles. The lowest BCUT2D eigenvalue weighted by atomic mass is 9.90. The van der Waals surface area contributed by atoms with Crippen LogP contribution in [0.2, 0.25) is 0 Å². The molecule has 2 heterocycles. The van der Waals surface area contributed by atoms with E-state index in [1.807, 2.05) is 18.4 Å². The zero-order valence-corrected chi connectivity index (χ0v) is 18.5. The van der Waals surface area contributed by atoms with Gasteiger partial charge in [-0.15, -0.1) is 21.5 Å². The average molecular weight is 416 g/mol. The molecule has 2 aromatic heterocycles. The lowest BCUT2D eigenvalue weighted by Gasteiger charge is -2.15. The van der Waals surface area contributed by atoms with Gasteiger partial charge in [0, 0.05) is 10.9 Å². The second-order valence-electron chi connectivity index (χ2n) is 7.36. The number of hydrogen-bond acceptors (Lipinski definition) is 7. The molecule has 0 aliphatic rings. The van der Waals surface area contributed by atoms with E-state index in [9.17, 15) is 4.79 Å². The van der Waals surface area contributed by atoms with E-state index in [0.29, 0.717) is 29.4 Å². The maximum atomic E-state index is 12.8. The molecule has 7 heteroatoms. The Kier molecular flexibility index (Phi) is 6.67. The molecule has 0 amide bonds. The topological polar surface area (TPSA) is 68.9 Å². The molecule has 0 N–H and O–H groups in total. The number of aryl methyl sites for hydroxylation is 1. The van der Waals surface area contributed by atoms with Gasteiger partial charge in [-0.2, -0.15) is 0 Å². The van der Waals surface area contributed by atoms with Crippen molar-refractivity contribution in [2.24, 2.45) is 0 Å². The van der Waals surface area contributed by atoms with Crippen molar-refractivity contribution in [1.82, 2.24) is 15.2 Å². The molecule has 0 saturated carbocycles. The third-order valence-electron chi connectivity index (χ3n) is 4.44. The summed E-state index contributed by atoms with van der Waals surface area (Å²) in [6.07, 6.45) is 0.514. The highest BCUT2D eigenvalue weighted by atomic mass is 32.2. The van der Waals surface area contributed by atoms with Crippen molar-refractivity contribution in [2.45, 2.75) is 58.1 Å². The molecule has 0 atom stereocenters. The fourth-order valence-electron chi connectivity index (χ4n) is 2.89. The van der Waals surface area contributed by atoms with Crippen LogP contribution in [0.3, 0.4) is 0 Å². The summed E-state index contributed by atoms with van der Waals surface area (Å²) in [7, 11) is 0. The Hall–Kier alpha value is -1.99. The van der Waals surface area contributed by atoms with Gasteiger partial charge in [0.2, 0.25) is 5.89 Å². The Labute approximate surface area is 174 Å². The summed E-state index contributed by atoms with van der Waals surface area (Å²) in [6.45, 7) is 10.5. The number of aromatic nitrogens is 3. The Morgan fingerprint density at radius 1 is 1.18 bits per heavy atom. The van der Waals surface area contributed by atoms with Crippen LogP contribution in [0.25, 0.3) is 0 Å². The van der Waals surface area contributed by atoms with E-state index in [1.54, 1.807) is 11.3 Å². The number of thioether (sulfide) groups is 1. The molecule has 3 aromatic rings. The van der Waals surface area contributed by atoms with Crippen LogP contribution < -0.4 is 0 Å². The minimum Gasteiger partial charge on any atom is -0.416 e. The van der Waals surface area contributed by atoms with Crippen LogP contribution in [-0.2, 0) is 6.42 Å². The fraction of sp³-hybridized carbons (Fsp3) is 0.429. The minimum atomic E-state index is 0.0823. The monoisotopic (exact) mass is 415 g/mol. The molecule has 5 nitrogen and oxygen atoms in total. The molecule has 1 aromatic carbocycles. The van der Waals surface area contributed by atoms with Crippen LogP contribution in [0.1, 0.15) is 77.6 Å². The summed E-state index contributed by atoms with van der Waals surface area (Å²) in [5.74, 6) is 1.61. The molecule has 0 fully saturated rings. The zero-order valence-electron chi connectivity index (χ0n) is 16.9. The first-order valence-electron chi connectivity index (χ1n) is 9.36. The van der Waals surface area contributed by atoms with Gasteiger partial charge >= 0.3 is 0 Å². The van der Waals surface area contributed by atoms with E-state index in [2.05, 4.69) is 55.0 Å². The molecule has 28 heavy (non-hydrogen) atoms. The summed E-state index contributed by atoms with van der Waals surface area (Å²) in [5, 5.41) is 11.5. The van der Waals surface area contributed by atoms with E-state index in [4.69, 9.17) is 4.42 Å². The molecule has 0 radical (unpaired) electrons. The summed E-state index contributed by atoms with van der Waals surface area (Å²) in [4.78, 5) is 17.2. The van der Waals surface area contributed by atoms with E-state index < -0.39 is 0 Å². The standard InChI is InChI=1S/C21H25N3O2S2/c1-12(2)15-6-7-17(18(8-15)13(3)4)19(25)11-28-21-24-23-20(26-21)9-16-10-27-14(5)22-16/h6-8,10,12-13H,9,11H2,1-5H3. The van der Waals surface area contributed by atoms with Gasteiger partial charge in [-0.25, -0.2) is 4.98 Å². The first-order valence-corrected chi connectivity index (χ1v) is 11.2. The van der Waals surface area contributed by atoms with Crippen molar-refractivity contribution in [2.75, 3.05) is 5.75 Å². The molecule has 3 rings (SSSR count). The first kappa shape index (κ1) is 20.7. The smallest absolute Gasteiger partial charge is 0.277 e. The van der Waals surface area contributed by atoms with Gasteiger partial charge in [-0.05, 0) is 29.9 Å². The predicted octanol–water partition coefficient (Wildman–Crippen LogP) is 5.65. The Morgan fingerprint density at radius 2 is 1.96 bits per heavy atom. The van der Waals surface area contributed by atoms with Crippen LogP contribution in [0.5, 0.6) is 0 Å². The number of Topliss-reactive ketones (excluding diaryl/α,β-unsaturated/α-hetero) is 1. The fourth-order valence-corrected chi connectivity index (χ4v) is 4.17. The Balaban J connectivity index is 1.66. The van der Waals surface area contributed by atoms with E-state index in [1.165, 1.54) is 17.3 Å². The van der Waals surface area contributed by atoms with Crippen LogP contribution in [-0.4, -0.2) is 26.7 Å². The number of nitrogens with zero attached hydrogens (tertiary/aromatic N) is 3. The van der Waals surface area contributed by atoms with Gasteiger partial charge in [-0.3, -0.25) is 4.79 Å². The van der Waals surface area contributed by atoms with Crippen LogP contribution >= 0.6 is 23.1 Å². The number of ketones is 1. The van der Waals surface area contributed by atoms with Crippen molar-refractivity contribution >= 4 is 28.9 Å². The molecule has 0 spiro atoms. The summed E-state index contributed by atoms with van der Waals surface area (Å²) in [6, 6.07) is 6.17. The van der Waals surface area contributed by atoms with Crippen LogP contribution in [0, 0.1) is 6.92 Å². The molecule has 0 saturated heterocycles. The number of hydrogen-bond donors (Lipinski definition) is 0. The maximum absolute atomic E-state index is 12.8. The SMILES string of the molecule is Cc1nc(Cc2nnc(SCC(=O)c3ccc(C(C)C)cc3C(C)C)o2)cs1. The van der Waals surface area contributed by atoms with E-state index >= 15 is 0 Å². The average Bonchev–Trinajstić information content (AvgIpc) is 3.28. The normalized spacial score (nSPS) is 11.5. The number of carbonyl (C=O) groups is 1.